The van der Waals surface area contributed by atoms with Gasteiger partial charge in [-0.1, -0.05) is 12.1 Å². The average molecular weight is 208 g/mol. The minimum atomic E-state index is 0.199. The van der Waals surface area contributed by atoms with Gasteiger partial charge in [-0.3, -0.25) is 0 Å². The molecule has 0 heterocycles. The molecule has 0 aliphatic heterocycles. The van der Waals surface area contributed by atoms with Gasteiger partial charge in [0, 0.05) is 20.1 Å². The van der Waals surface area contributed by atoms with Gasteiger partial charge in [-0.2, -0.15) is 0 Å². The summed E-state index contributed by atoms with van der Waals surface area (Å²) >= 11 is 0. The number of aryl methyl sites for hydroxylation is 1. The van der Waals surface area contributed by atoms with Gasteiger partial charge in [0.05, 0.1) is 6.10 Å². The minimum Gasteiger partial charge on any atom is -0.490 e. The normalized spacial score (nSPS) is 12.5. The summed E-state index contributed by atoms with van der Waals surface area (Å²) in [5, 5.41) is 0. The van der Waals surface area contributed by atoms with E-state index < -0.39 is 0 Å². The second-order valence-corrected chi connectivity index (χ2v) is 3.91. The molecule has 1 aromatic carbocycles. The second kappa shape index (κ2) is 5.76. The molecule has 15 heavy (non-hydrogen) atoms. The fourth-order valence-electron chi connectivity index (χ4n) is 1.41. The van der Waals surface area contributed by atoms with E-state index in [4.69, 9.17) is 9.47 Å². The van der Waals surface area contributed by atoms with E-state index >= 15 is 0 Å². The topological polar surface area (TPSA) is 18.5 Å². The zero-order chi connectivity index (χ0) is 11.3. The Kier molecular flexibility index (Phi) is 4.63. The van der Waals surface area contributed by atoms with Gasteiger partial charge in [-0.25, -0.2) is 0 Å². The van der Waals surface area contributed by atoms with E-state index in [-0.39, 0.29) is 6.10 Å². The molecule has 0 bridgehead atoms. The Morgan fingerprint density at radius 2 is 2.00 bits per heavy atom. The molecule has 0 N–H and O–H groups in total. The van der Waals surface area contributed by atoms with Crippen molar-refractivity contribution in [2.45, 2.75) is 33.3 Å². The first-order valence-corrected chi connectivity index (χ1v) is 5.37. The van der Waals surface area contributed by atoms with E-state index in [0.717, 1.165) is 18.8 Å². The highest BCUT2D eigenvalue weighted by Gasteiger charge is 2.06. The van der Waals surface area contributed by atoms with Crippen molar-refractivity contribution in [2.24, 2.45) is 0 Å². The molecule has 0 fully saturated rings. The molecule has 1 unspecified atom stereocenters. The Bertz CT molecular complexity index is 307. The van der Waals surface area contributed by atoms with Gasteiger partial charge in [0.25, 0.3) is 0 Å². The highest BCUT2D eigenvalue weighted by Crippen LogP contribution is 2.22. The van der Waals surface area contributed by atoms with Crippen LogP contribution in [0, 0.1) is 13.8 Å². The molecule has 1 aromatic rings. The lowest BCUT2D eigenvalue weighted by Crippen LogP contribution is -2.14. The number of rotatable bonds is 5. The van der Waals surface area contributed by atoms with E-state index in [0.29, 0.717) is 0 Å². The predicted octanol–water partition coefficient (Wildman–Crippen LogP) is 3.11. The molecule has 1 atom stereocenters. The molecular formula is C13H20O2. The van der Waals surface area contributed by atoms with Gasteiger partial charge < -0.3 is 9.47 Å². The molecule has 0 aliphatic carbocycles. The standard InChI is InChI=1S/C13H20O2/c1-10-6-5-7-13(12(10)3)15-11(2)8-9-14-4/h5-7,11H,8-9H2,1-4H3. The van der Waals surface area contributed by atoms with Crippen LogP contribution in [0.3, 0.4) is 0 Å². The van der Waals surface area contributed by atoms with Crippen molar-refractivity contribution in [3.63, 3.8) is 0 Å². The van der Waals surface area contributed by atoms with Crippen LogP contribution in [0.5, 0.6) is 5.75 Å². The fourth-order valence-corrected chi connectivity index (χ4v) is 1.41. The Morgan fingerprint density at radius 3 is 2.67 bits per heavy atom. The number of methoxy groups -OCH3 is 1. The molecule has 0 aliphatic rings. The summed E-state index contributed by atoms with van der Waals surface area (Å²) < 4.78 is 10.9. The summed E-state index contributed by atoms with van der Waals surface area (Å²) in [4.78, 5) is 0. The van der Waals surface area contributed by atoms with Crippen molar-refractivity contribution in [2.75, 3.05) is 13.7 Å². The smallest absolute Gasteiger partial charge is 0.122 e. The molecule has 2 heteroatoms. The third kappa shape index (κ3) is 3.56. The van der Waals surface area contributed by atoms with Gasteiger partial charge in [-0.15, -0.1) is 0 Å². The number of hydrogen-bond acceptors (Lipinski definition) is 2. The van der Waals surface area contributed by atoms with Crippen molar-refractivity contribution in [1.29, 1.82) is 0 Å². The van der Waals surface area contributed by atoms with Crippen LogP contribution in [0.2, 0.25) is 0 Å². The third-order valence-electron chi connectivity index (χ3n) is 2.61. The average Bonchev–Trinajstić information content (AvgIpc) is 2.22. The molecular weight excluding hydrogens is 188 g/mol. The third-order valence-corrected chi connectivity index (χ3v) is 2.61. The van der Waals surface area contributed by atoms with Crippen LogP contribution < -0.4 is 4.74 Å². The lowest BCUT2D eigenvalue weighted by atomic mass is 10.1. The maximum Gasteiger partial charge on any atom is 0.122 e. The van der Waals surface area contributed by atoms with Crippen LogP contribution in [0.15, 0.2) is 18.2 Å². The van der Waals surface area contributed by atoms with E-state index in [9.17, 15) is 0 Å². The van der Waals surface area contributed by atoms with Gasteiger partial charge >= 0.3 is 0 Å². The Morgan fingerprint density at radius 1 is 1.27 bits per heavy atom. The molecule has 0 amide bonds. The summed E-state index contributed by atoms with van der Waals surface area (Å²) in [7, 11) is 1.71. The second-order valence-electron chi connectivity index (χ2n) is 3.91. The highest BCUT2D eigenvalue weighted by atomic mass is 16.5. The van der Waals surface area contributed by atoms with Crippen LogP contribution in [0.1, 0.15) is 24.5 Å². The highest BCUT2D eigenvalue weighted by molar-refractivity contribution is 5.38. The molecule has 84 valence electrons. The zero-order valence-electron chi connectivity index (χ0n) is 10.0. The van der Waals surface area contributed by atoms with Gasteiger partial charge in [0.15, 0.2) is 0 Å². The minimum absolute atomic E-state index is 0.199. The zero-order valence-corrected chi connectivity index (χ0v) is 10.0. The summed E-state index contributed by atoms with van der Waals surface area (Å²) in [6, 6.07) is 6.15. The first kappa shape index (κ1) is 12.1. The van der Waals surface area contributed by atoms with Gasteiger partial charge in [0.1, 0.15) is 5.75 Å². The van der Waals surface area contributed by atoms with Crippen LogP contribution >= 0.6 is 0 Å². The van der Waals surface area contributed by atoms with Crippen LogP contribution in [-0.2, 0) is 4.74 Å². The molecule has 0 saturated heterocycles. The lowest BCUT2D eigenvalue weighted by Gasteiger charge is -2.16. The van der Waals surface area contributed by atoms with E-state index in [1.54, 1.807) is 7.11 Å². The largest absolute Gasteiger partial charge is 0.490 e. The van der Waals surface area contributed by atoms with E-state index in [2.05, 4.69) is 26.8 Å². The number of ether oxygens (including phenoxy) is 2. The molecule has 0 saturated carbocycles. The molecule has 1 rings (SSSR count). The first-order valence-electron chi connectivity index (χ1n) is 5.37. The van der Waals surface area contributed by atoms with Crippen molar-refractivity contribution in [1.82, 2.24) is 0 Å². The monoisotopic (exact) mass is 208 g/mol. The fraction of sp³-hybridized carbons (Fsp3) is 0.538. The van der Waals surface area contributed by atoms with Gasteiger partial charge in [-0.05, 0) is 38.0 Å². The van der Waals surface area contributed by atoms with Crippen LogP contribution in [0.25, 0.3) is 0 Å². The Hall–Kier alpha value is -1.02. The summed E-state index contributed by atoms with van der Waals surface area (Å²) in [5.41, 5.74) is 2.49. The summed E-state index contributed by atoms with van der Waals surface area (Å²) in [5.74, 6) is 0.985. The quantitative estimate of drug-likeness (QED) is 0.740. The molecule has 2 nitrogen and oxygen atoms in total. The van der Waals surface area contributed by atoms with Crippen LogP contribution in [0.4, 0.5) is 0 Å². The summed E-state index contributed by atoms with van der Waals surface area (Å²) in [6.07, 6.45) is 1.12. The number of hydrogen-bond donors (Lipinski definition) is 0. The Labute approximate surface area is 92.2 Å². The lowest BCUT2D eigenvalue weighted by molar-refractivity contribution is 0.134. The van der Waals surface area contributed by atoms with Crippen molar-refractivity contribution in [3.05, 3.63) is 29.3 Å². The van der Waals surface area contributed by atoms with Crippen LogP contribution in [-0.4, -0.2) is 19.8 Å². The van der Waals surface area contributed by atoms with Crippen molar-refractivity contribution >= 4 is 0 Å². The first-order chi connectivity index (χ1) is 7.15. The molecule has 0 aromatic heterocycles. The Balaban J connectivity index is 2.60. The number of benzene rings is 1. The summed E-state index contributed by atoms with van der Waals surface area (Å²) in [6.45, 7) is 7.00. The SMILES string of the molecule is COCCC(C)Oc1cccc(C)c1C. The van der Waals surface area contributed by atoms with E-state index in [1.165, 1.54) is 11.1 Å². The molecule has 0 spiro atoms. The predicted molar refractivity (Wildman–Crippen MR) is 62.5 cm³/mol. The van der Waals surface area contributed by atoms with Gasteiger partial charge in [0.2, 0.25) is 0 Å². The van der Waals surface area contributed by atoms with Crippen molar-refractivity contribution < 1.29 is 9.47 Å². The maximum absolute atomic E-state index is 5.85. The van der Waals surface area contributed by atoms with Crippen molar-refractivity contribution in [3.8, 4) is 5.75 Å². The maximum atomic E-state index is 5.85. The van der Waals surface area contributed by atoms with E-state index in [1.807, 2.05) is 12.1 Å². The molecule has 0 radical (unpaired) electrons.